The summed E-state index contributed by atoms with van der Waals surface area (Å²) in [5.41, 5.74) is 3.11. The van der Waals surface area contributed by atoms with Crippen molar-refractivity contribution in [3.05, 3.63) is 52.8 Å². The number of amides is 1. The van der Waals surface area contributed by atoms with Crippen molar-refractivity contribution in [2.45, 2.75) is 32.9 Å². The van der Waals surface area contributed by atoms with Crippen molar-refractivity contribution in [3.63, 3.8) is 0 Å². The van der Waals surface area contributed by atoms with E-state index < -0.39 is 15.9 Å². The van der Waals surface area contributed by atoms with Crippen molar-refractivity contribution in [3.8, 4) is 17.2 Å². The SMILES string of the molecule is COc1cc(CN(C(=O)c2oc3cc(C)ccc3c2C)C2CCS(=O)(=O)C2)cc(OC)c1OC. The fourth-order valence-electron chi connectivity index (χ4n) is 4.48. The first-order valence-electron chi connectivity index (χ1n) is 11.0. The molecule has 0 bridgehead atoms. The second-order valence-electron chi connectivity index (χ2n) is 8.58. The van der Waals surface area contributed by atoms with Crippen LogP contribution in [0.5, 0.6) is 17.2 Å². The molecule has 0 saturated carbocycles. The van der Waals surface area contributed by atoms with E-state index in [9.17, 15) is 13.2 Å². The number of hydrogen-bond donors (Lipinski definition) is 0. The van der Waals surface area contributed by atoms with Gasteiger partial charge in [0.05, 0.1) is 32.8 Å². The van der Waals surface area contributed by atoms with Gasteiger partial charge in [-0.15, -0.1) is 0 Å². The quantitative estimate of drug-likeness (QED) is 0.499. The van der Waals surface area contributed by atoms with E-state index in [1.807, 2.05) is 32.0 Å². The topological polar surface area (TPSA) is 95.3 Å². The fourth-order valence-corrected chi connectivity index (χ4v) is 6.21. The van der Waals surface area contributed by atoms with Crippen LogP contribution in [0.2, 0.25) is 0 Å². The maximum Gasteiger partial charge on any atom is 0.290 e. The van der Waals surface area contributed by atoms with Gasteiger partial charge in [0.25, 0.3) is 5.91 Å². The highest BCUT2D eigenvalue weighted by Gasteiger charge is 2.37. The van der Waals surface area contributed by atoms with E-state index in [1.165, 1.54) is 21.3 Å². The van der Waals surface area contributed by atoms with E-state index >= 15 is 0 Å². The van der Waals surface area contributed by atoms with Gasteiger partial charge in [0.1, 0.15) is 5.58 Å². The highest BCUT2D eigenvalue weighted by molar-refractivity contribution is 7.91. The maximum absolute atomic E-state index is 13.8. The van der Waals surface area contributed by atoms with E-state index in [4.69, 9.17) is 18.6 Å². The van der Waals surface area contributed by atoms with Crippen LogP contribution in [-0.4, -0.2) is 58.1 Å². The third-order valence-electron chi connectivity index (χ3n) is 6.28. The van der Waals surface area contributed by atoms with Crippen molar-refractivity contribution in [2.24, 2.45) is 0 Å². The molecule has 2 aromatic carbocycles. The van der Waals surface area contributed by atoms with Crippen molar-refractivity contribution >= 4 is 26.7 Å². The third-order valence-corrected chi connectivity index (χ3v) is 8.03. The van der Waals surface area contributed by atoms with Crippen molar-refractivity contribution in [2.75, 3.05) is 32.8 Å². The number of methoxy groups -OCH3 is 3. The Balaban J connectivity index is 1.77. The third kappa shape index (κ3) is 4.44. The van der Waals surface area contributed by atoms with Gasteiger partial charge in [0.2, 0.25) is 5.75 Å². The summed E-state index contributed by atoms with van der Waals surface area (Å²) in [6.45, 7) is 3.96. The largest absolute Gasteiger partial charge is 0.493 e. The van der Waals surface area contributed by atoms with Crippen LogP contribution in [0, 0.1) is 13.8 Å². The number of nitrogens with zero attached hydrogens (tertiary/aromatic N) is 1. The highest BCUT2D eigenvalue weighted by atomic mass is 32.2. The van der Waals surface area contributed by atoms with Crippen LogP contribution >= 0.6 is 0 Å². The summed E-state index contributed by atoms with van der Waals surface area (Å²) in [6.07, 6.45) is 0.372. The normalized spacial score (nSPS) is 17.0. The van der Waals surface area contributed by atoms with E-state index in [2.05, 4.69) is 0 Å². The number of ether oxygens (including phenoxy) is 3. The molecule has 0 spiro atoms. The summed E-state index contributed by atoms with van der Waals surface area (Å²) in [7, 11) is 1.34. The lowest BCUT2D eigenvalue weighted by molar-refractivity contribution is 0.0649. The lowest BCUT2D eigenvalue weighted by Crippen LogP contribution is -2.40. The molecule has 8 nitrogen and oxygen atoms in total. The first kappa shape index (κ1) is 23.9. The Morgan fingerprint density at radius 2 is 1.74 bits per heavy atom. The molecule has 1 saturated heterocycles. The molecule has 1 aliphatic rings. The minimum atomic E-state index is -3.22. The monoisotopic (exact) mass is 487 g/mol. The molecule has 3 aromatic rings. The second kappa shape index (κ2) is 9.21. The number of sulfone groups is 1. The van der Waals surface area contributed by atoms with Gasteiger partial charge in [-0.25, -0.2) is 8.42 Å². The standard InChI is InChI=1S/C25H29NO7S/c1-15-6-7-19-16(2)23(33-20(19)10-15)25(27)26(18-8-9-34(28,29)14-18)13-17-11-21(30-3)24(32-5)22(12-17)31-4/h6-7,10-12,18H,8-9,13-14H2,1-5H3. The molecule has 1 aliphatic heterocycles. The van der Waals surface area contributed by atoms with Gasteiger partial charge >= 0.3 is 0 Å². The minimum absolute atomic E-state index is 0.0506. The fraction of sp³-hybridized carbons (Fsp3) is 0.400. The molecule has 0 aliphatic carbocycles. The minimum Gasteiger partial charge on any atom is -0.493 e. The lowest BCUT2D eigenvalue weighted by atomic mass is 10.1. The van der Waals surface area contributed by atoms with Crippen molar-refractivity contribution < 1.29 is 31.8 Å². The van der Waals surface area contributed by atoms with E-state index in [1.54, 1.807) is 17.0 Å². The molecular weight excluding hydrogens is 458 g/mol. The lowest BCUT2D eigenvalue weighted by Gasteiger charge is -2.28. The van der Waals surface area contributed by atoms with Gasteiger partial charge in [-0.3, -0.25) is 4.79 Å². The Hall–Kier alpha value is -3.20. The number of furan rings is 1. The first-order valence-corrected chi connectivity index (χ1v) is 12.8. The smallest absolute Gasteiger partial charge is 0.290 e. The second-order valence-corrected chi connectivity index (χ2v) is 10.8. The summed E-state index contributed by atoms with van der Waals surface area (Å²) < 4.78 is 46.8. The Bertz CT molecular complexity index is 1320. The Morgan fingerprint density at radius 3 is 2.29 bits per heavy atom. The molecule has 182 valence electrons. The average Bonchev–Trinajstić information content (AvgIpc) is 3.34. The Labute approximate surface area is 199 Å². The zero-order valence-corrected chi connectivity index (χ0v) is 20.8. The first-order chi connectivity index (χ1) is 16.2. The van der Waals surface area contributed by atoms with Gasteiger partial charge in [-0.2, -0.15) is 0 Å². The molecule has 1 atom stereocenters. The number of carbonyl (C=O) groups excluding carboxylic acids is 1. The number of fused-ring (bicyclic) bond motifs is 1. The number of hydrogen-bond acceptors (Lipinski definition) is 7. The molecule has 1 fully saturated rings. The Morgan fingerprint density at radius 1 is 1.06 bits per heavy atom. The van der Waals surface area contributed by atoms with Crippen LogP contribution < -0.4 is 14.2 Å². The van der Waals surface area contributed by atoms with Crippen LogP contribution in [-0.2, 0) is 16.4 Å². The van der Waals surface area contributed by atoms with Crippen LogP contribution in [0.1, 0.15) is 33.7 Å². The maximum atomic E-state index is 13.8. The number of carbonyl (C=O) groups is 1. The summed E-state index contributed by atoms with van der Waals surface area (Å²) >= 11 is 0. The average molecular weight is 488 g/mol. The molecular formula is C25H29NO7S. The van der Waals surface area contributed by atoms with Gasteiger partial charge in [-0.05, 0) is 49.6 Å². The molecule has 0 radical (unpaired) electrons. The molecule has 1 aromatic heterocycles. The molecule has 1 unspecified atom stereocenters. The highest BCUT2D eigenvalue weighted by Crippen LogP contribution is 2.39. The predicted molar refractivity (Wildman–Crippen MR) is 129 cm³/mol. The van der Waals surface area contributed by atoms with Gasteiger partial charge < -0.3 is 23.5 Å². The van der Waals surface area contributed by atoms with Crippen LogP contribution in [0.25, 0.3) is 11.0 Å². The summed E-state index contributed by atoms with van der Waals surface area (Å²) in [5, 5.41) is 0.862. The van der Waals surface area contributed by atoms with E-state index in [0.717, 1.165) is 22.1 Å². The molecule has 1 amide bonds. The molecule has 4 rings (SSSR count). The zero-order valence-electron chi connectivity index (χ0n) is 20.0. The summed E-state index contributed by atoms with van der Waals surface area (Å²) in [4.78, 5) is 15.4. The molecule has 2 heterocycles. The molecule has 0 N–H and O–H groups in total. The number of benzene rings is 2. The van der Waals surface area contributed by atoms with Gasteiger partial charge in [0.15, 0.2) is 27.1 Å². The zero-order chi connectivity index (χ0) is 24.6. The number of rotatable bonds is 7. The van der Waals surface area contributed by atoms with Gasteiger partial charge in [0, 0.05) is 23.5 Å². The summed E-state index contributed by atoms with van der Waals surface area (Å²) in [5.74, 6) is 1.20. The van der Waals surface area contributed by atoms with Crippen LogP contribution in [0.15, 0.2) is 34.7 Å². The molecule has 9 heteroatoms. The molecule has 34 heavy (non-hydrogen) atoms. The van der Waals surface area contributed by atoms with E-state index in [0.29, 0.717) is 29.3 Å². The number of aryl methyl sites for hydroxylation is 2. The van der Waals surface area contributed by atoms with Gasteiger partial charge in [-0.1, -0.05) is 12.1 Å². The Kier molecular flexibility index (Phi) is 6.49. The van der Waals surface area contributed by atoms with E-state index in [-0.39, 0.29) is 29.7 Å². The van der Waals surface area contributed by atoms with Crippen LogP contribution in [0.4, 0.5) is 0 Å². The predicted octanol–water partition coefficient (Wildman–Crippen LogP) is 3.90. The summed E-state index contributed by atoms with van der Waals surface area (Å²) in [6, 6.07) is 8.86. The van der Waals surface area contributed by atoms with Crippen molar-refractivity contribution in [1.82, 2.24) is 4.90 Å². The van der Waals surface area contributed by atoms with Crippen LogP contribution in [0.3, 0.4) is 0 Å². The van der Waals surface area contributed by atoms with Crippen molar-refractivity contribution in [1.29, 1.82) is 0 Å².